The Bertz CT molecular complexity index is 767. The zero-order chi connectivity index (χ0) is 18.8. The smallest absolute Gasteiger partial charge is 0.280 e. The number of halogens is 2. The van der Waals surface area contributed by atoms with Crippen LogP contribution in [0.4, 0.5) is 8.78 Å². The third kappa shape index (κ3) is 4.41. The normalized spacial score (nSPS) is 25.5. The molecule has 2 fully saturated rings. The molecule has 0 amide bonds. The summed E-state index contributed by atoms with van der Waals surface area (Å²) < 4.78 is 33.5. The van der Waals surface area contributed by atoms with Gasteiger partial charge in [0.2, 0.25) is 0 Å². The van der Waals surface area contributed by atoms with E-state index >= 15 is 0 Å². The maximum absolute atomic E-state index is 13.2. The highest BCUT2D eigenvalue weighted by molar-refractivity contribution is 7.99. The van der Waals surface area contributed by atoms with Gasteiger partial charge in [0, 0.05) is 31.6 Å². The third-order valence-electron chi connectivity index (χ3n) is 5.57. The van der Waals surface area contributed by atoms with E-state index in [2.05, 4.69) is 26.9 Å². The molecule has 2 aliphatic heterocycles. The molecule has 0 spiro atoms. The summed E-state index contributed by atoms with van der Waals surface area (Å²) in [7, 11) is 0. The Labute approximate surface area is 161 Å². The van der Waals surface area contributed by atoms with Crippen molar-refractivity contribution in [2.75, 3.05) is 32.8 Å². The van der Waals surface area contributed by atoms with Crippen LogP contribution in [0.2, 0.25) is 0 Å². The highest BCUT2D eigenvalue weighted by Crippen LogP contribution is 2.35. The Kier molecular flexibility index (Phi) is 5.89. The van der Waals surface area contributed by atoms with Gasteiger partial charge in [0.25, 0.3) is 12.2 Å². The zero-order valence-corrected chi connectivity index (χ0v) is 16.2. The molecule has 0 aliphatic carbocycles. The number of nitrogens with zero attached hydrogens (tertiary/aromatic N) is 5. The molecule has 2 atom stereocenters. The van der Waals surface area contributed by atoms with E-state index in [4.69, 9.17) is 4.74 Å². The summed E-state index contributed by atoms with van der Waals surface area (Å²) in [5.41, 5.74) is -0.236. The van der Waals surface area contributed by atoms with E-state index in [9.17, 15) is 8.78 Å². The van der Waals surface area contributed by atoms with Crippen molar-refractivity contribution in [2.45, 2.75) is 42.9 Å². The number of hydrogen-bond acceptors (Lipinski definition) is 6. The molecule has 0 aromatic carbocycles. The number of alkyl halides is 2. The number of fused-ring (bicyclic) bond motifs is 1. The van der Waals surface area contributed by atoms with Crippen LogP contribution < -0.4 is 0 Å². The minimum Gasteiger partial charge on any atom is -0.381 e. The second kappa shape index (κ2) is 8.36. The van der Waals surface area contributed by atoms with Crippen molar-refractivity contribution in [2.24, 2.45) is 11.8 Å². The van der Waals surface area contributed by atoms with Gasteiger partial charge in [0.05, 0.1) is 0 Å². The van der Waals surface area contributed by atoms with Gasteiger partial charge >= 0.3 is 0 Å². The molecule has 9 heteroatoms. The number of piperidine rings is 1. The second-order valence-electron chi connectivity index (χ2n) is 7.53. The van der Waals surface area contributed by atoms with Crippen LogP contribution in [0.1, 0.15) is 38.3 Å². The Morgan fingerprint density at radius 2 is 2.11 bits per heavy atom. The lowest BCUT2D eigenvalue weighted by molar-refractivity contribution is 0.0480. The molecule has 0 saturated carbocycles. The lowest BCUT2D eigenvalue weighted by Crippen LogP contribution is -2.44. The Morgan fingerprint density at radius 1 is 1.30 bits per heavy atom. The standard InChI is InChI=1S/C18H25F2N5OS/c1-12-2-5-24(9-13-3-6-26-7-4-13)10-15(12)27-16-8-14(17(19)20)23-18-21-11-22-25(16)18/h8,11-13,15,17H,2-7,9-10H2,1H3/t12-,15?/m1/s1. The molecule has 2 saturated heterocycles. The number of hydrogen-bond donors (Lipinski definition) is 0. The van der Waals surface area contributed by atoms with Gasteiger partial charge in [0.15, 0.2) is 0 Å². The summed E-state index contributed by atoms with van der Waals surface area (Å²) in [5.74, 6) is 1.45. The monoisotopic (exact) mass is 397 g/mol. The highest BCUT2D eigenvalue weighted by Gasteiger charge is 2.30. The maximum atomic E-state index is 13.2. The molecule has 1 unspecified atom stereocenters. The van der Waals surface area contributed by atoms with E-state index in [0.717, 1.165) is 52.1 Å². The first-order valence-corrected chi connectivity index (χ1v) is 10.4. The summed E-state index contributed by atoms with van der Waals surface area (Å²) in [4.78, 5) is 10.4. The molecule has 27 heavy (non-hydrogen) atoms. The number of thioether (sulfide) groups is 1. The first-order chi connectivity index (χ1) is 13.1. The predicted molar refractivity (Wildman–Crippen MR) is 99.1 cm³/mol. The van der Waals surface area contributed by atoms with Crippen molar-refractivity contribution >= 4 is 17.5 Å². The van der Waals surface area contributed by atoms with Crippen LogP contribution in [-0.2, 0) is 4.74 Å². The minimum atomic E-state index is -2.61. The van der Waals surface area contributed by atoms with Crippen molar-refractivity contribution < 1.29 is 13.5 Å². The summed E-state index contributed by atoms with van der Waals surface area (Å²) >= 11 is 1.62. The second-order valence-corrected chi connectivity index (χ2v) is 8.79. The molecule has 2 aliphatic rings. The molecule has 6 nitrogen and oxygen atoms in total. The van der Waals surface area contributed by atoms with Crippen molar-refractivity contribution in [1.82, 2.24) is 24.5 Å². The Hall–Kier alpha value is -1.32. The number of ether oxygens (including phenoxy) is 1. The summed E-state index contributed by atoms with van der Waals surface area (Å²) in [5, 5.41) is 5.20. The van der Waals surface area contributed by atoms with Gasteiger partial charge in [0.1, 0.15) is 17.0 Å². The van der Waals surface area contributed by atoms with Crippen molar-refractivity contribution in [3.05, 3.63) is 18.1 Å². The highest BCUT2D eigenvalue weighted by atomic mass is 32.2. The van der Waals surface area contributed by atoms with E-state index in [0.29, 0.717) is 22.1 Å². The molecule has 148 valence electrons. The lowest BCUT2D eigenvalue weighted by atomic mass is 9.95. The van der Waals surface area contributed by atoms with Crippen LogP contribution >= 0.6 is 11.8 Å². The third-order valence-corrected chi connectivity index (χ3v) is 7.01. The summed E-state index contributed by atoms with van der Waals surface area (Å²) in [6, 6.07) is 1.46. The largest absolute Gasteiger partial charge is 0.381 e. The fourth-order valence-corrected chi connectivity index (χ4v) is 5.25. The number of likely N-dealkylation sites (tertiary alicyclic amines) is 1. The summed E-state index contributed by atoms with van der Waals surface area (Å²) in [6.45, 7) is 7.15. The van der Waals surface area contributed by atoms with Crippen molar-refractivity contribution in [1.29, 1.82) is 0 Å². The average Bonchev–Trinajstić information content (AvgIpc) is 3.14. The van der Waals surface area contributed by atoms with Gasteiger partial charge in [-0.05, 0) is 43.7 Å². The Balaban J connectivity index is 1.48. The van der Waals surface area contributed by atoms with E-state index in [-0.39, 0.29) is 11.5 Å². The fourth-order valence-electron chi connectivity index (χ4n) is 3.86. The van der Waals surface area contributed by atoms with Crippen LogP contribution in [0, 0.1) is 11.8 Å². The quantitative estimate of drug-likeness (QED) is 0.722. The molecule has 0 radical (unpaired) electrons. The first-order valence-electron chi connectivity index (χ1n) is 9.55. The number of rotatable bonds is 5. The van der Waals surface area contributed by atoms with E-state index in [1.807, 2.05) is 0 Å². The van der Waals surface area contributed by atoms with E-state index < -0.39 is 6.43 Å². The molecular formula is C18H25F2N5OS. The van der Waals surface area contributed by atoms with Crippen molar-refractivity contribution in [3.8, 4) is 0 Å². The zero-order valence-electron chi connectivity index (χ0n) is 15.4. The van der Waals surface area contributed by atoms with Gasteiger partial charge in [-0.15, -0.1) is 11.8 Å². The van der Waals surface area contributed by atoms with Gasteiger partial charge in [-0.2, -0.15) is 14.6 Å². The topological polar surface area (TPSA) is 55.5 Å². The van der Waals surface area contributed by atoms with Crippen LogP contribution in [0.5, 0.6) is 0 Å². The molecule has 4 rings (SSSR count). The molecule has 0 bridgehead atoms. The summed E-state index contributed by atoms with van der Waals surface area (Å²) in [6.07, 6.45) is 2.13. The molecule has 0 N–H and O–H groups in total. The van der Waals surface area contributed by atoms with Gasteiger partial charge in [-0.3, -0.25) is 0 Å². The average molecular weight is 397 g/mol. The SMILES string of the molecule is C[C@@H]1CCN(CC2CCOCC2)CC1Sc1cc(C(F)F)nc2ncnn12. The van der Waals surface area contributed by atoms with Gasteiger partial charge < -0.3 is 9.64 Å². The van der Waals surface area contributed by atoms with Gasteiger partial charge in [-0.25, -0.2) is 13.8 Å². The van der Waals surface area contributed by atoms with Gasteiger partial charge in [-0.1, -0.05) is 6.92 Å². The van der Waals surface area contributed by atoms with E-state index in [1.165, 1.54) is 12.4 Å². The molecule has 4 heterocycles. The molecular weight excluding hydrogens is 372 g/mol. The molecule has 2 aromatic rings. The number of aromatic nitrogens is 4. The van der Waals surface area contributed by atoms with Crippen LogP contribution in [0.25, 0.3) is 5.78 Å². The van der Waals surface area contributed by atoms with Crippen LogP contribution in [-0.4, -0.2) is 62.6 Å². The van der Waals surface area contributed by atoms with Crippen LogP contribution in [0.15, 0.2) is 17.4 Å². The first kappa shape index (κ1) is 19.0. The van der Waals surface area contributed by atoms with Crippen molar-refractivity contribution in [3.63, 3.8) is 0 Å². The minimum absolute atomic E-state index is 0.234. The fraction of sp³-hybridized carbons (Fsp3) is 0.722. The van der Waals surface area contributed by atoms with E-state index in [1.54, 1.807) is 16.3 Å². The maximum Gasteiger partial charge on any atom is 0.280 e. The van der Waals surface area contributed by atoms with Crippen LogP contribution in [0.3, 0.4) is 0 Å². The predicted octanol–water partition coefficient (Wildman–Crippen LogP) is 3.29. The Morgan fingerprint density at radius 3 is 2.89 bits per heavy atom. The lowest BCUT2D eigenvalue weighted by Gasteiger charge is -2.39. The molecule has 2 aromatic heterocycles.